The van der Waals surface area contributed by atoms with Gasteiger partial charge in [-0.25, -0.2) is 4.98 Å². The first-order valence-corrected chi connectivity index (χ1v) is 7.81. The van der Waals surface area contributed by atoms with Crippen LogP contribution in [0.25, 0.3) is 11.0 Å². The van der Waals surface area contributed by atoms with E-state index in [1.807, 2.05) is 6.07 Å². The molecule has 112 valence electrons. The molecule has 0 radical (unpaired) electrons. The van der Waals surface area contributed by atoms with E-state index in [-0.39, 0.29) is 6.04 Å². The van der Waals surface area contributed by atoms with E-state index in [2.05, 4.69) is 17.6 Å². The van der Waals surface area contributed by atoms with Crippen LogP contribution in [0, 0.1) is 0 Å². The molecule has 1 aromatic heterocycles. The highest BCUT2D eigenvalue weighted by Gasteiger charge is 2.30. The average Bonchev–Trinajstić information content (AvgIpc) is 3.29. The monoisotopic (exact) mass is 287 g/mol. The highest BCUT2D eigenvalue weighted by Crippen LogP contribution is 2.42. The maximum Gasteiger partial charge on any atom is 0.163 e. The van der Waals surface area contributed by atoms with Crippen molar-refractivity contribution in [2.24, 2.45) is 5.73 Å². The largest absolute Gasteiger partial charge is 0.486 e. The van der Waals surface area contributed by atoms with E-state index < -0.39 is 0 Å². The number of nitrogens with zero attached hydrogens (tertiary/aromatic N) is 2. The zero-order chi connectivity index (χ0) is 14.4. The van der Waals surface area contributed by atoms with Gasteiger partial charge in [0.2, 0.25) is 0 Å². The van der Waals surface area contributed by atoms with Crippen molar-refractivity contribution < 1.29 is 9.47 Å². The quantitative estimate of drug-likeness (QED) is 0.938. The van der Waals surface area contributed by atoms with Crippen LogP contribution in [0.3, 0.4) is 0 Å². The summed E-state index contributed by atoms with van der Waals surface area (Å²) in [6, 6.07) is 4.22. The van der Waals surface area contributed by atoms with Gasteiger partial charge in [-0.15, -0.1) is 0 Å². The lowest BCUT2D eigenvalue weighted by Crippen LogP contribution is -2.26. The van der Waals surface area contributed by atoms with Crippen molar-refractivity contribution in [2.75, 3.05) is 13.2 Å². The first kappa shape index (κ1) is 13.0. The minimum absolute atomic E-state index is 0.160. The SMILES string of the molecule is CCC(N)Cn1c(C2CC2)nc2cc3c(cc21)OCCO3. The summed E-state index contributed by atoms with van der Waals surface area (Å²) < 4.78 is 13.7. The van der Waals surface area contributed by atoms with E-state index in [4.69, 9.17) is 20.2 Å². The normalized spacial score (nSPS) is 19.0. The fraction of sp³-hybridized carbons (Fsp3) is 0.562. The molecule has 1 unspecified atom stereocenters. The van der Waals surface area contributed by atoms with Crippen LogP contribution in [-0.2, 0) is 6.54 Å². The third-order valence-electron chi connectivity index (χ3n) is 4.33. The molecule has 4 rings (SSSR count). The standard InChI is InChI=1S/C16H21N3O2/c1-2-11(17)9-19-13-8-15-14(20-5-6-21-15)7-12(13)18-16(19)10-3-4-10/h7-8,10-11H,2-6,9,17H2,1H3. The molecule has 1 aliphatic carbocycles. The highest BCUT2D eigenvalue weighted by atomic mass is 16.6. The molecule has 0 saturated heterocycles. The molecule has 1 aromatic carbocycles. The molecule has 1 aliphatic heterocycles. The lowest BCUT2D eigenvalue weighted by Gasteiger charge is -2.19. The maximum absolute atomic E-state index is 6.18. The molecule has 1 saturated carbocycles. The zero-order valence-corrected chi connectivity index (χ0v) is 12.3. The Bertz CT molecular complexity index is 676. The molecule has 1 fully saturated rings. The predicted molar refractivity (Wildman–Crippen MR) is 81.0 cm³/mol. The van der Waals surface area contributed by atoms with Crippen LogP contribution in [-0.4, -0.2) is 28.8 Å². The van der Waals surface area contributed by atoms with Crippen LogP contribution in [0.2, 0.25) is 0 Å². The van der Waals surface area contributed by atoms with E-state index >= 15 is 0 Å². The minimum Gasteiger partial charge on any atom is -0.486 e. The Labute approximate surface area is 124 Å². The molecular formula is C16H21N3O2. The van der Waals surface area contributed by atoms with Crippen LogP contribution in [0.15, 0.2) is 12.1 Å². The van der Waals surface area contributed by atoms with Gasteiger partial charge >= 0.3 is 0 Å². The summed E-state index contributed by atoms with van der Waals surface area (Å²) in [4.78, 5) is 4.84. The molecule has 1 atom stereocenters. The molecule has 5 nitrogen and oxygen atoms in total. The second-order valence-electron chi connectivity index (χ2n) is 6.01. The fourth-order valence-electron chi connectivity index (χ4n) is 2.89. The third kappa shape index (κ3) is 2.25. The van der Waals surface area contributed by atoms with Gasteiger partial charge < -0.3 is 19.8 Å². The second kappa shape index (κ2) is 4.91. The molecule has 2 aliphatic rings. The Morgan fingerprint density at radius 2 is 2.00 bits per heavy atom. The smallest absolute Gasteiger partial charge is 0.163 e. The zero-order valence-electron chi connectivity index (χ0n) is 12.3. The van der Waals surface area contributed by atoms with E-state index in [0.717, 1.165) is 35.5 Å². The number of hydrogen-bond donors (Lipinski definition) is 1. The van der Waals surface area contributed by atoms with Gasteiger partial charge in [0, 0.05) is 30.6 Å². The van der Waals surface area contributed by atoms with E-state index in [0.29, 0.717) is 19.1 Å². The van der Waals surface area contributed by atoms with Crippen LogP contribution in [0.1, 0.15) is 37.9 Å². The van der Waals surface area contributed by atoms with Gasteiger partial charge in [-0.05, 0) is 19.3 Å². The number of aromatic nitrogens is 2. The van der Waals surface area contributed by atoms with Gasteiger partial charge in [-0.1, -0.05) is 6.92 Å². The summed E-state index contributed by atoms with van der Waals surface area (Å²) >= 11 is 0. The first-order chi connectivity index (χ1) is 10.3. The molecule has 0 spiro atoms. The number of benzene rings is 1. The van der Waals surface area contributed by atoms with Gasteiger partial charge in [0.15, 0.2) is 11.5 Å². The maximum atomic E-state index is 6.18. The van der Waals surface area contributed by atoms with Gasteiger partial charge in [0.25, 0.3) is 0 Å². The Kier molecular flexibility index (Phi) is 3.03. The molecule has 0 amide bonds. The Hall–Kier alpha value is -1.75. The number of ether oxygens (including phenoxy) is 2. The Balaban J connectivity index is 1.84. The molecule has 2 N–H and O–H groups in total. The van der Waals surface area contributed by atoms with Crippen LogP contribution in [0.5, 0.6) is 11.5 Å². The summed E-state index contributed by atoms with van der Waals surface area (Å²) in [5, 5.41) is 0. The van der Waals surface area contributed by atoms with Gasteiger partial charge in [-0.2, -0.15) is 0 Å². The summed E-state index contributed by atoms with van der Waals surface area (Å²) in [5.41, 5.74) is 8.28. The van der Waals surface area contributed by atoms with Crippen molar-refractivity contribution in [3.05, 3.63) is 18.0 Å². The van der Waals surface area contributed by atoms with E-state index in [1.165, 1.54) is 18.7 Å². The second-order valence-corrected chi connectivity index (χ2v) is 6.01. The van der Waals surface area contributed by atoms with Gasteiger partial charge in [-0.3, -0.25) is 0 Å². The number of nitrogens with two attached hydrogens (primary N) is 1. The minimum atomic E-state index is 0.160. The van der Waals surface area contributed by atoms with Gasteiger partial charge in [0.05, 0.1) is 11.0 Å². The van der Waals surface area contributed by atoms with Crippen molar-refractivity contribution in [1.29, 1.82) is 0 Å². The number of hydrogen-bond acceptors (Lipinski definition) is 4. The van der Waals surface area contributed by atoms with Gasteiger partial charge in [0.1, 0.15) is 19.0 Å². The highest BCUT2D eigenvalue weighted by molar-refractivity contribution is 5.81. The molecular weight excluding hydrogens is 266 g/mol. The van der Waals surface area contributed by atoms with E-state index in [1.54, 1.807) is 0 Å². The molecule has 5 heteroatoms. The lowest BCUT2D eigenvalue weighted by molar-refractivity contribution is 0.172. The summed E-state index contributed by atoms with van der Waals surface area (Å²) in [6.45, 7) is 4.16. The lowest BCUT2D eigenvalue weighted by atomic mass is 10.2. The first-order valence-electron chi connectivity index (χ1n) is 7.81. The van der Waals surface area contributed by atoms with Crippen molar-refractivity contribution in [1.82, 2.24) is 9.55 Å². The molecule has 2 aromatic rings. The van der Waals surface area contributed by atoms with Crippen molar-refractivity contribution in [3.63, 3.8) is 0 Å². The summed E-state index contributed by atoms with van der Waals surface area (Å²) in [5.74, 6) is 3.40. The van der Waals surface area contributed by atoms with E-state index in [9.17, 15) is 0 Å². The fourth-order valence-corrected chi connectivity index (χ4v) is 2.89. The summed E-state index contributed by atoms with van der Waals surface area (Å²) in [6.07, 6.45) is 3.43. The number of fused-ring (bicyclic) bond motifs is 2. The average molecular weight is 287 g/mol. The Morgan fingerprint density at radius 3 is 2.67 bits per heavy atom. The number of rotatable bonds is 4. The van der Waals surface area contributed by atoms with Crippen LogP contribution >= 0.6 is 0 Å². The number of imidazole rings is 1. The van der Waals surface area contributed by atoms with Crippen molar-refractivity contribution in [2.45, 2.75) is 44.7 Å². The summed E-state index contributed by atoms with van der Waals surface area (Å²) in [7, 11) is 0. The molecule has 2 heterocycles. The van der Waals surface area contributed by atoms with Crippen molar-refractivity contribution in [3.8, 4) is 11.5 Å². The predicted octanol–water partition coefficient (Wildman–Crippen LogP) is 2.42. The topological polar surface area (TPSA) is 62.3 Å². The molecule has 0 bridgehead atoms. The third-order valence-corrected chi connectivity index (χ3v) is 4.33. The molecule has 21 heavy (non-hydrogen) atoms. The van der Waals surface area contributed by atoms with Crippen LogP contribution < -0.4 is 15.2 Å². The Morgan fingerprint density at radius 1 is 1.29 bits per heavy atom. The van der Waals surface area contributed by atoms with Crippen LogP contribution in [0.4, 0.5) is 0 Å². The van der Waals surface area contributed by atoms with Crippen molar-refractivity contribution >= 4 is 11.0 Å².